The van der Waals surface area contributed by atoms with E-state index in [1.807, 2.05) is 0 Å². The van der Waals surface area contributed by atoms with Crippen LogP contribution in [0.15, 0.2) is 11.5 Å². The highest BCUT2D eigenvalue weighted by Crippen LogP contribution is 2.22. The van der Waals surface area contributed by atoms with Crippen molar-refractivity contribution in [3.05, 3.63) is 11.5 Å². The molecule has 94 valence electrons. The molecule has 0 fully saturated rings. The van der Waals surface area contributed by atoms with Gasteiger partial charge < -0.3 is 9.64 Å². The van der Waals surface area contributed by atoms with Crippen LogP contribution in [0.2, 0.25) is 19.6 Å². The van der Waals surface area contributed by atoms with E-state index in [9.17, 15) is 13.6 Å². The molecule has 6 heteroatoms. The molecule has 0 aromatic heterocycles. The van der Waals surface area contributed by atoms with Gasteiger partial charge in [-0.05, 0) is 13.8 Å². The largest absolute Gasteiger partial charge is 0.415 e. The first-order valence-electron chi connectivity index (χ1n) is 5.26. The summed E-state index contributed by atoms with van der Waals surface area (Å²) in [7, 11) is -2.32. The first kappa shape index (κ1) is 15.1. The van der Waals surface area contributed by atoms with Crippen LogP contribution in [0.1, 0.15) is 13.8 Å². The van der Waals surface area contributed by atoms with Crippen molar-refractivity contribution in [1.29, 1.82) is 0 Å². The van der Waals surface area contributed by atoms with E-state index in [1.54, 1.807) is 33.5 Å². The minimum absolute atomic E-state index is 0.426. The van der Waals surface area contributed by atoms with E-state index in [0.29, 0.717) is 13.1 Å². The fraction of sp³-hybridized carbons (Fsp3) is 0.700. The molecule has 0 aliphatic rings. The minimum Gasteiger partial charge on any atom is -0.415 e. The lowest BCUT2D eigenvalue weighted by molar-refractivity contribution is 0.132. The highest BCUT2D eigenvalue weighted by atomic mass is 28.3. The first-order valence-corrected chi connectivity index (χ1v) is 8.76. The molecule has 3 nitrogen and oxygen atoms in total. The highest BCUT2D eigenvalue weighted by Gasteiger charge is 2.30. The molecular weight excluding hydrogens is 232 g/mol. The van der Waals surface area contributed by atoms with Crippen molar-refractivity contribution in [2.45, 2.75) is 33.5 Å². The Hall–Kier alpha value is -0.913. The summed E-state index contributed by atoms with van der Waals surface area (Å²) in [6.07, 6.45) is -2.59. The standard InChI is InChI=1S/C10H19F2NO2Si/c1-6-13(7-2)10(14)15-9(8(11)12)16(3,4)5/h6-7H2,1-5H3. The molecule has 0 bridgehead atoms. The summed E-state index contributed by atoms with van der Waals surface area (Å²) in [5, 5.41) is -0.426. The molecule has 0 aromatic rings. The SMILES string of the molecule is CCN(CC)C(=O)OC(=C(F)F)[Si](C)(C)C. The molecule has 0 saturated heterocycles. The van der Waals surface area contributed by atoms with E-state index < -0.39 is 25.6 Å². The van der Waals surface area contributed by atoms with Crippen LogP contribution < -0.4 is 0 Å². The van der Waals surface area contributed by atoms with Gasteiger partial charge in [-0.25, -0.2) is 4.79 Å². The van der Waals surface area contributed by atoms with E-state index in [1.165, 1.54) is 4.90 Å². The Morgan fingerprint density at radius 2 is 1.62 bits per heavy atom. The molecule has 0 aliphatic carbocycles. The topological polar surface area (TPSA) is 29.5 Å². The van der Waals surface area contributed by atoms with Crippen molar-refractivity contribution in [3.63, 3.8) is 0 Å². The van der Waals surface area contributed by atoms with Crippen LogP contribution in [0.3, 0.4) is 0 Å². The minimum atomic E-state index is -2.32. The Labute approximate surface area is 96.1 Å². The average Bonchev–Trinajstić information content (AvgIpc) is 2.13. The number of rotatable bonds is 4. The zero-order chi connectivity index (χ0) is 12.9. The Bertz CT molecular complexity index is 279. The van der Waals surface area contributed by atoms with Gasteiger partial charge in [0.15, 0.2) is 5.38 Å². The van der Waals surface area contributed by atoms with E-state index in [2.05, 4.69) is 0 Å². The van der Waals surface area contributed by atoms with Gasteiger partial charge in [-0.1, -0.05) is 19.6 Å². The van der Waals surface area contributed by atoms with Crippen LogP contribution in [0, 0.1) is 0 Å². The summed E-state index contributed by atoms with van der Waals surface area (Å²) < 4.78 is 30.1. The Morgan fingerprint density at radius 3 is 1.88 bits per heavy atom. The Kier molecular flexibility index (Phi) is 5.64. The number of halogens is 2. The zero-order valence-corrected chi connectivity index (χ0v) is 11.4. The predicted octanol–water partition coefficient (Wildman–Crippen LogP) is 3.45. The molecule has 0 aliphatic heterocycles. The lowest BCUT2D eigenvalue weighted by Gasteiger charge is -2.23. The summed E-state index contributed by atoms with van der Waals surface area (Å²) >= 11 is 0. The van der Waals surface area contributed by atoms with Gasteiger partial charge in [0.05, 0.1) is 0 Å². The van der Waals surface area contributed by atoms with Crippen LogP contribution in [-0.4, -0.2) is 32.2 Å². The average molecular weight is 251 g/mol. The van der Waals surface area contributed by atoms with Crippen LogP contribution in [0.4, 0.5) is 13.6 Å². The number of ether oxygens (including phenoxy) is 1. The number of nitrogens with zero attached hydrogens (tertiary/aromatic N) is 1. The number of hydrogen-bond acceptors (Lipinski definition) is 2. The summed E-state index contributed by atoms with van der Waals surface area (Å²) in [5.41, 5.74) is 0. The summed E-state index contributed by atoms with van der Waals surface area (Å²) in [6, 6.07) is 0. The van der Waals surface area contributed by atoms with E-state index in [4.69, 9.17) is 4.74 Å². The van der Waals surface area contributed by atoms with E-state index in [0.717, 1.165) is 0 Å². The molecule has 1 amide bonds. The van der Waals surface area contributed by atoms with E-state index in [-0.39, 0.29) is 0 Å². The van der Waals surface area contributed by atoms with Crippen molar-refractivity contribution in [3.8, 4) is 0 Å². The number of amides is 1. The predicted molar refractivity (Wildman–Crippen MR) is 62.0 cm³/mol. The first-order chi connectivity index (χ1) is 7.23. The van der Waals surface area contributed by atoms with Gasteiger partial charge in [0.2, 0.25) is 0 Å². The smallest absolute Gasteiger partial charge is 0.414 e. The number of hydrogen-bond donors (Lipinski definition) is 0. The van der Waals surface area contributed by atoms with Gasteiger partial charge in [0.25, 0.3) is 0 Å². The summed E-state index contributed by atoms with van der Waals surface area (Å²) in [6.45, 7) is 9.55. The maximum Gasteiger partial charge on any atom is 0.414 e. The molecule has 16 heavy (non-hydrogen) atoms. The van der Waals surface area contributed by atoms with E-state index >= 15 is 0 Å². The normalized spacial score (nSPS) is 10.9. The second-order valence-corrected chi connectivity index (χ2v) is 9.33. The molecule has 0 radical (unpaired) electrons. The van der Waals surface area contributed by atoms with Crippen LogP contribution in [0.25, 0.3) is 0 Å². The molecule has 0 spiro atoms. The van der Waals surface area contributed by atoms with Gasteiger partial charge in [-0.2, -0.15) is 8.78 Å². The lowest BCUT2D eigenvalue weighted by Crippen LogP contribution is -2.35. The fourth-order valence-corrected chi connectivity index (χ4v) is 2.07. The van der Waals surface area contributed by atoms with Crippen LogP contribution in [0.5, 0.6) is 0 Å². The number of carbonyl (C=O) groups is 1. The maximum absolute atomic E-state index is 12.6. The lowest BCUT2D eigenvalue weighted by atomic mass is 10.6. The summed E-state index contributed by atoms with van der Waals surface area (Å²) in [5.74, 6) is 0. The third kappa shape index (κ3) is 4.30. The molecular formula is C10H19F2NO2Si. The van der Waals surface area contributed by atoms with Crippen molar-refractivity contribution in [2.75, 3.05) is 13.1 Å². The Morgan fingerprint density at radius 1 is 1.19 bits per heavy atom. The monoisotopic (exact) mass is 251 g/mol. The molecule has 0 saturated carbocycles. The molecule has 0 aromatic carbocycles. The van der Waals surface area contributed by atoms with Gasteiger partial charge in [0.1, 0.15) is 8.07 Å². The quantitative estimate of drug-likeness (QED) is 0.565. The fourth-order valence-electron chi connectivity index (χ4n) is 1.11. The van der Waals surface area contributed by atoms with Gasteiger partial charge in [-0.3, -0.25) is 0 Å². The number of carbonyl (C=O) groups excluding carboxylic acids is 1. The molecule has 0 N–H and O–H groups in total. The third-order valence-corrected chi connectivity index (χ3v) is 3.72. The zero-order valence-electron chi connectivity index (χ0n) is 10.4. The molecule has 0 rings (SSSR count). The highest BCUT2D eigenvalue weighted by molar-refractivity contribution is 6.82. The van der Waals surface area contributed by atoms with Crippen molar-refractivity contribution >= 4 is 14.2 Å². The van der Waals surface area contributed by atoms with Gasteiger partial charge >= 0.3 is 12.2 Å². The third-order valence-electron chi connectivity index (χ3n) is 2.06. The molecule has 0 heterocycles. The molecule has 0 atom stereocenters. The second kappa shape index (κ2) is 5.98. The van der Waals surface area contributed by atoms with Crippen LogP contribution >= 0.6 is 0 Å². The van der Waals surface area contributed by atoms with Crippen molar-refractivity contribution < 1.29 is 18.3 Å². The maximum atomic E-state index is 12.6. The second-order valence-electron chi connectivity index (χ2n) is 4.38. The molecule has 0 unspecified atom stereocenters. The van der Waals surface area contributed by atoms with Gasteiger partial charge in [-0.15, -0.1) is 0 Å². The van der Waals surface area contributed by atoms with Gasteiger partial charge in [0, 0.05) is 13.1 Å². The van der Waals surface area contributed by atoms with Crippen LogP contribution in [-0.2, 0) is 4.74 Å². The Balaban J connectivity index is 4.82. The summed E-state index contributed by atoms with van der Waals surface area (Å²) in [4.78, 5) is 12.9. The van der Waals surface area contributed by atoms with Crippen molar-refractivity contribution in [1.82, 2.24) is 4.90 Å². The van der Waals surface area contributed by atoms with Crippen molar-refractivity contribution in [2.24, 2.45) is 0 Å².